The number of aliphatic hydroxyl groups is 1. The van der Waals surface area contributed by atoms with Crippen LogP contribution in [0.4, 0.5) is 26.3 Å². The Kier molecular flexibility index (Phi) is 28.8. The molecule has 0 spiro atoms. The molecule has 532 valence electrons. The number of primary amides is 2. The number of para-hydroxylation sites is 2. The second-order valence-corrected chi connectivity index (χ2v) is 30.5. The van der Waals surface area contributed by atoms with E-state index in [1.165, 1.54) is 0 Å². The first kappa shape index (κ1) is 81.5. The maximum atomic E-state index is 14.0. The van der Waals surface area contributed by atoms with Crippen molar-refractivity contribution < 1.29 is 146 Å². The molecular formula is C56H73ClF6N4O24P2S2. The number of benzene rings is 2. The van der Waals surface area contributed by atoms with E-state index >= 15 is 0 Å². The molecule has 4 aliphatic rings. The first-order valence-electron chi connectivity index (χ1n) is 28.3. The van der Waals surface area contributed by atoms with E-state index in [4.69, 9.17) is 100 Å². The largest absolute Gasteiger partial charge is 0.741 e. The molecule has 6 heterocycles. The van der Waals surface area contributed by atoms with Gasteiger partial charge in [-0.2, -0.15) is 35.5 Å². The number of pyridine rings is 2. The minimum atomic E-state index is -6.09. The van der Waals surface area contributed by atoms with Gasteiger partial charge in [-0.3, -0.25) is 28.3 Å². The van der Waals surface area contributed by atoms with Crippen LogP contribution in [0.15, 0.2) is 110 Å². The number of hydrogen-bond acceptors (Lipinski definition) is 24. The molecule has 4 fully saturated rings. The third-order valence-corrected chi connectivity index (χ3v) is 18.0. The second kappa shape index (κ2) is 33.5. The summed E-state index contributed by atoms with van der Waals surface area (Å²) in [5.74, 6) is -4.20. The lowest BCUT2D eigenvalue weighted by atomic mass is 10.1. The van der Waals surface area contributed by atoms with Crippen molar-refractivity contribution in [3.05, 3.63) is 121 Å². The summed E-state index contributed by atoms with van der Waals surface area (Å²) in [6, 6.07) is 23.9. The van der Waals surface area contributed by atoms with Crippen LogP contribution in [0.3, 0.4) is 0 Å². The van der Waals surface area contributed by atoms with Crippen LogP contribution in [0.2, 0.25) is 0 Å². The van der Waals surface area contributed by atoms with Gasteiger partial charge in [-0.25, -0.2) is 21.4 Å². The first-order chi connectivity index (χ1) is 43.6. The van der Waals surface area contributed by atoms with Gasteiger partial charge in [0.1, 0.15) is 47.0 Å². The Morgan fingerprint density at radius 2 is 0.947 bits per heavy atom. The number of nitrogens with two attached hydrogens (primary N) is 2. The molecule has 0 aliphatic carbocycles. The molecule has 4 aromatic rings. The maximum Gasteiger partial charge on any atom is 0.485 e. The SMILES string of the molecule is CC(C)OC(=O)[C@H](C)CP(=O)(Cl)Oc1ccccc1.CC(C)OC(=O)[C@H](C)CP(=O)(OC[C@H]1O[C@@H]([n+]2cccc(C(N)=O)c2)C2OC(C)(C)O[C@H]21)Oc1ccccc1.CC1(C)OC2[C@@H](O1)[C@@H](CO)O[C@H]2[n+]1cccc(C(N)=O)c1.O=S(=O)([O-])C(F)(F)F.O=S(=O)([O-])C(F)(F)F. The highest BCUT2D eigenvalue weighted by molar-refractivity contribution is 7.87. The smallest absolute Gasteiger partial charge is 0.485 e. The zero-order valence-electron chi connectivity index (χ0n) is 52.4. The van der Waals surface area contributed by atoms with Crippen LogP contribution in [-0.4, -0.2) is 152 Å². The summed E-state index contributed by atoms with van der Waals surface area (Å²) in [6.45, 7) is 13.7. The molecule has 4 aliphatic heterocycles. The Labute approximate surface area is 547 Å². The molecule has 4 unspecified atom stereocenters. The zero-order chi connectivity index (χ0) is 72.0. The van der Waals surface area contributed by atoms with Crippen LogP contribution in [0.25, 0.3) is 0 Å². The molecule has 2 aromatic carbocycles. The maximum absolute atomic E-state index is 14.0. The number of aliphatic hydroxyl groups excluding tert-OH is 1. The third-order valence-electron chi connectivity index (χ3n) is 12.7. The molecular weight excluding hydrogens is 1390 g/mol. The van der Waals surface area contributed by atoms with Gasteiger partial charge in [0.25, 0.3) is 24.3 Å². The average Bonchev–Trinajstić information content (AvgIpc) is 1.61. The van der Waals surface area contributed by atoms with Gasteiger partial charge < -0.3 is 72.6 Å². The monoisotopic (exact) mass is 1460 g/mol. The van der Waals surface area contributed by atoms with Crippen LogP contribution in [0, 0.1) is 11.8 Å². The molecule has 4 saturated heterocycles. The van der Waals surface area contributed by atoms with Crippen molar-refractivity contribution >= 4 is 69.5 Å². The lowest BCUT2D eigenvalue weighted by Crippen LogP contribution is -2.46. The Hall–Kier alpha value is -5.95. The Bertz CT molecular complexity index is 3530. The zero-order valence-corrected chi connectivity index (χ0v) is 56.6. The molecule has 95 heavy (non-hydrogen) atoms. The van der Waals surface area contributed by atoms with Crippen LogP contribution in [0.1, 0.15) is 102 Å². The van der Waals surface area contributed by atoms with Crippen molar-refractivity contribution in [1.29, 1.82) is 0 Å². The number of halogens is 7. The fourth-order valence-electron chi connectivity index (χ4n) is 8.80. The minimum Gasteiger partial charge on any atom is -0.741 e. The van der Waals surface area contributed by atoms with E-state index in [2.05, 4.69) is 0 Å². The number of hydrogen-bond donors (Lipinski definition) is 3. The molecule has 2 aromatic heterocycles. The standard InChI is InChI=1S/C27H35N2O9P.C14H18N2O5.C13H18ClO4P.2CHF3O3S/c1-17(2)34-26(31)18(3)16-39(32,38-20-11-7-6-8-12-20)33-15-21-22-23(37-27(4,5)36-22)25(35-21)29-13-9-10-19(14-29)24(28)30;1-14(2)20-10-9(7-17)19-13(11(10)21-14)16-5-3-4-8(6-16)12(15)18;1-10(2)17-13(15)11(3)9-19(14,16)18-12-7-5-4-6-8-12;2*2-1(3,4)8(5,6)7/h6-14,17-18,21-23,25H,15-16H2,1-5H3,(H-,28,30);3-6,9-11,13,17H,7H2,1-2H3,(H-,15,18);4-8,10-11H,9H2,1-3H3;2*(H,5,6,7)/t18-,21-,22+,23?,25-,39?;9-,10+,11?,13-;11-,19?;;/m111../s1. The van der Waals surface area contributed by atoms with E-state index in [1.807, 2.05) is 19.9 Å². The highest BCUT2D eigenvalue weighted by atomic mass is 35.7. The van der Waals surface area contributed by atoms with Crippen molar-refractivity contribution in [1.82, 2.24) is 0 Å². The van der Waals surface area contributed by atoms with E-state index in [0.717, 1.165) is 0 Å². The van der Waals surface area contributed by atoms with Crippen molar-refractivity contribution in [3.8, 4) is 11.5 Å². The number of aromatic nitrogens is 2. The fraction of sp³-hybridized carbons (Fsp3) is 0.536. The van der Waals surface area contributed by atoms with Crippen LogP contribution in [0.5, 0.6) is 11.5 Å². The number of ether oxygens (including phenoxy) is 8. The summed E-state index contributed by atoms with van der Waals surface area (Å²) in [5, 5.41) is 9.45. The van der Waals surface area contributed by atoms with Gasteiger partial charge in [0.05, 0.1) is 49.6 Å². The molecule has 12 atom stereocenters. The summed E-state index contributed by atoms with van der Waals surface area (Å²) >= 11 is 5.87. The summed E-state index contributed by atoms with van der Waals surface area (Å²) in [4.78, 5) is 47.1. The number of nitrogens with zero attached hydrogens (tertiary/aromatic N) is 2. The van der Waals surface area contributed by atoms with Gasteiger partial charge in [0.2, 0.25) is 0 Å². The number of carbonyl (C=O) groups excluding carboxylic acids is 4. The molecule has 0 radical (unpaired) electrons. The number of esters is 2. The van der Waals surface area contributed by atoms with Gasteiger partial charge in [-0.05, 0) is 103 Å². The van der Waals surface area contributed by atoms with E-state index < -0.39 is 130 Å². The van der Waals surface area contributed by atoms with Crippen molar-refractivity contribution in [2.75, 3.05) is 25.5 Å². The summed E-state index contributed by atoms with van der Waals surface area (Å²) in [5.41, 5.74) is 0.144. The van der Waals surface area contributed by atoms with E-state index in [9.17, 15) is 59.8 Å². The summed E-state index contributed by atoms with van der Waals surface area (Å²) in [7, 11) is -16.1. The van der Waals surface area contributed by atoms with E-state index in [0.29, 0.717) is 22.6 Å². The Morgan fingerprint density at radius 1 is 0.600 bits per heavy atom. The van der Waals surface area contributed by atoms with Gasteiger partial charge in [0, 0.05) is 12.1 Å². The lowest BCUT2D eigenvalue weighted by molar-refractivity contribution is -0.766. The fourth-order valence-corrected chi connectivity index (χ4v) is 12.8. The van der Waals surface area contributed by atoms with E-state index in [1.54, 1.807) is 168 Å². The van der Waals surface area contributed by atoms with Crippen molar-refractivity contribution in [3.63, 3.8) is 0 Å². The number of fused-ring (bicyclic) bond motifs is 2. The molecule has 8 rings (SSSR count). The second-order valence-electron chi connectivity index (χ2n) is 22.5. The highest BCUT2D eigenvalue weighted by Crippen LogP contribution is 2.54. The normalized spacial score (nSPS) is 23.6. The average molecular weight is 1460 g/mol. The Morgan fingerprint density at radius 3 is 1.31 bits per heavy atom. The van der Waals surface area contributed by atoms with Gasteiger partial charge >= 0.3 is 37.3 Å². The highest BCUT2D eigenvalue weighted by Gasteiger charge is 2.61. The molecule has 5 N–H and O–H groups in total. The van der Waals surface area contributed by atoms with Crippen LogP contribution in [-0.2, 0) is 81.4 Å². The number of alkyl halides is 6. The van der Waals surface area contributed by atoms with Gasteiger partial charge in [0.15, 0.2) is 68.8 Å². The number of amides is 2. The van der Waals surface area contributed by atoms with Crippen molar-refractivity contribution in [2.45, 2.75) is 153 Å². The summed E-state index contributed by atoms with van der Waals surface area (Å²) < 4.78 is 211. The molecule has 0 bridgehead atoms. The Balaban J connectivity index is 0.000000288. The quantitative estimate of drug-likeness (QED) is 0.0199. The molecule has 2 amide bonds. The van der Waals surface area contributed by atoms with Crippen LogP contribution < -0.4 is 29.6 Å². The molecule has 28 nitrogen and oxygen atoms in total. The molecule has 39 heteroatoms. The predicted octanol–water partition coefficient (Wildman–Crippen LogP) is 7.04. The predicted molar refractivity (Wildman–Crippen MR) is 316 cm³/mol. The summed E-state index contributed by atoms with van der Waals surface area (Å²) in [6.07, 6.45) is 1.78. The van der Waals surface area contributed by atoms with Crippen molar-refractivity contribution in [2.24, 2.45) is 23.3 Å². The van der Waals surface area contributed by atoms with Gasteiger partial charge in [-0.1, -0.05) is 50.2 Å². The topological polar surface area (TPSA) is 398 Å². The molecule has 0 saturated carbocycles. The van der Waals surface area contributed by atoms with E-state index in [-0.39, 0.29) is 50.0 Å². The first-order valence-corrected chi connectivity index (χ1v) is 35.5. The third kappa shape index (κ3) is 25.5. The minimum absolute atomic E-state index is 0.0605. The van der Waals surface area contributed by atoms with Crippen LogP contribution >= 0.6 is 25.6 Å². The van der Waals surface area contributed by atoms with Gasteiger partial charge in [-0.15, -0.1) is 0 Å². The lowest BCUT2D eigenvalue weighted by Gasteiger charge is -2.25. The number of carbonyl (C=O) groups is 4. The number of rotatable bonds is 20.